The number of nitrogens with one attached hydrogen (secondary N) is 1. The predicted octanol–water partition coefficient (Wildman–Crippen LogP) is 2.87. The zero-order valence-electron chi connectivity index (χ0n) is 18.5. The van der Waals surface area contributed by atoms with Crippen LogP contribution >= 0.6 is 11.3 Å². The molecule has 5 heterocycles. The summed E-state index contributed by atoms with van der Waals surface area (Å²) in [4.78, 5) is 20.9. The monoisotopic (exact) mass is 438 g/mol. The van der Waals surface area contributed by atoms with Gasteiger partial charge in [-0.25, -0.2) is 4.98 Å². The molecular formula is C22H30N8S. The van der Waals surface area contributed by atoms with E-state index in [-0.39, 0.29) is 5.54 Å². The lowest BCUT2D eigenvalue weighted by Crippen LogP contribution is -2.73. The number of fused-ring (bicyclic) bond motifs is 1. The highest BCUT2D eigenvalue weighted by molar-refractivity contribution is 7.13. The Labute approximate surface area is 187 Å². The molecule has 3 saturated heterocycles. The number of piperazine rings is 1. The highest BCUT2D eigenvalue weighted by Gasteiger charge is 2.51. The maximum Gasteiger partial charge on any atom is 0.229 e. The summed E-state index contributed by atoms with van der Waals surface area (Å²) in [6, 6.07) is 3.09. The van der Waals surface area contributed by atoms with Crippen LogP contribution in [0.25, 0.3) is 0 Å². The van der Waals surface area contributed by atoms with Crippen molar-refractivity contribution < 1.29 is 0 Å². The molecule has 2 aromatic heterocycles. The molecule has 2 aromatic rings. The fraction of sp³-hybridized carbons (Fsp3) is 0.636. The molecule has 9 heteroatoms. The van der Waals surface area contributed by atoms with Gasteiger partial charge in [0.2, 0.25) is 5.95 Å². The summed E-state index contributed by atoms with van der Waals surface area (Å²) < 4.78 is 0. The average Bonchev–Trinajstić information content (AvgIpc) is 3.31. The van der Waals surface area contributed by atoms with E-state index >= 15 is 0 Å². The molecule has 1 N–H and O–H groups in total. The molecule has 5 rings (SSSR count). The first-order chi connectivity index (χ1) is 14.9. The average molecular weight is 439 g/mol. The molecule has 164 valence electrons. The first-order valence-electron chi connectivity index (χ1n) is 11.0. The van der Waals surface area contributed by atoms with Gasteiger partial charge >= 0.3 is 0 Å². The molecule has 0 unspecified atom stereocenters. The van der Waals surface area contributed by atoms with Crippen molar-refractivity contribution in [2.24, 2.45) is 5.41 Å². The second-order valence-corrected chi connectivity index (χ2v) is 10.9. The first-order valence-corrected chi connectivity index (χ1v) is 11.9. The van der Waals surface area contributed by atoms with Crippen LogP contribution in [0.15, 0.2) is 17.9 Å². The van der Waals surface area contributed by atoms with Gasteiger partial charge in [0, 0.05) is 57.1 Å². The Morgan fingerprint density at radius 3 is 2.84 bits per heavy atom. The van der Waals surface area contributed by atoms with E-state index in [1.54, 1.807) is 11.7 Å². The zero-order valence-corrected chi connectivity index (χ0v) is 19.3. The number of nitriles is 1. The number of hydrogen-bond donors (Lipinski definition) is 1. The lowest BCUT2D eigenvalue weighted by molar-refractivity contribution is -0.000671. The lowest BCUT2D eigenvalue weighted by atomic mass is 9.83. The number of aromatic nitrogens is 3. The summed E-state index contributed by atoms with van der Waals surface area (Å²) in [5.74, 6) is 1.54. The molecule has 0 aromatic carbocycles. The number of nitrogens with zero attached hydrogens (tertiary/aromatic N) is 7. The van der Waals surface area contributed by atoms with Crippen LogP contribution < -0.4 is 10.2 Å². The van der Waals surface area contributed by atoms with Gasteiger partial charge in [0.15, 0.2) is 0 Å². The topological polar surface area (TPSA) is 84.2 Å². The third kappa shape index (κ3) is 3.88. The summed E-state index contributed by atoms with van der Waals surface area (Å²) in [7, 11) is 0. The summed E-state index contributed by atoms with van der Waals surface area (Å²) in [5.41, 5.74) is 3.17. The lowest BCUT2D eigenvalue weighted by Gasteiger charge is -2.58. The quantitative estimate of drug-likeness (QED) is 0.763. The van der Waals surface area contributed by atoms with Crippen LogP contribution in [0, 0.1) is 23.7 Å². The van der Waals surface area contributed by atoms with Crippen LogP contribution in [0.1, 0.15) is 32.3 Å². The van der Waals surface area contributed by atoms with Gasteiger partial charge in [-0.3, -0.25) is 14.8 Å². The SMILES string of the molecule is Cc1cnc(Nc2cncs2)nc1N1CC(CC#N)(N2CCN3CC(C)(C)C[C@H]3C2)C1. The van der Waals surface area contributed by atoms with Gasteiger partial charge < -0.3 is 10.2 Å². The van der Waals surface area contributed by atoms with Crippen LogP contribution in [-0.2, 0) is 0 Å². The van der Waals surface area contributed by atoms with E-state index in [0.29, 0.717) is 23.8 Å². The fourth-order valence-electron chi connectivity index (χ4n) is 5.56. The van der Waals surface area contributed by atoms with E-state index in [1.807, 2.05) is 6.20 Å². The van der Waals surface area contributed by atoms with E-state index in [0.717, 1.165) is 49.1 Å². The molecule has 0 bridgehead atoms. The third-order valence-electron chi connectivity index (χ3n) is 6.99. The second-order valence-electron chi connectivity index (χ2n) is 10.0. The smallest absolute Gasteiger partial charge is 0.229 e. The standard InChI is InChI=1S/C22H30N8S/c1-16-9-25-20(26-18-10-24-15-31-18)27-19(16)29-13-22(14-29,4-5-23)30-7-6-28-12-21(2,3)8-17(28)11-30/h9-10,15,17H,4,6-8,11-14H2,1-3H3,(H,25,26,27)/t17-/m0/s1. The van der Waals surface area contributed by atoms with Gasteiger partial charge in [0.05, 0.1) is 29.7 Å². The Bertz CT molecular complexity index is 976. The summed E-state index contributed by atoms with van der Waals surface area (Å²) in [5, 5.41) is 13.8. The summed E-state index contributed by atoms with van der Waals surface area (Å²) >= 11 is 1.53. The molecule has 0 spiro atoms. The predicted molar refractivity (Wildman–Crippen MR) is 123 cm³/mol. The van der Waals surface area contributed by atoms with Crippen molar-refractivity contribution in [1.29, 1.82) is 5.26 Å². The number of hydrogen-bond acceptors (Lipinski definition) is 9. The van der Waals surface area contributed by atoms with Gasteiger partial charge in [-0.1, -0.05) is 13.8 Å². The summed E-state index contributed by atoms with van der Waals surface area (Å²) in [6.45, 7) is 12.9. The van der Waals surface area contributed by atoms with Crippen molar-refractivity contribution in [3.63, 3.8) is 0 Å². The number of anilines is 3. The molecule has 0 aliphatic carbocycles. The van der Waals surface area contributed by atoms with Crippen molar-refractivity contribution in [3.05, 3.63) is 23.5 Å². The van der Waals surface area contributed by atoms with Crippen LogP contribution in [0.3, 0.4) is 0 Å². The van der Waals surface area contributed by atoms with Crippen LogP contribution in [-0.4, -0.2) is 75.6 Å². The number of rotatable bonds is 5. The third-order valence-corrected chi connectivity index (χ3v) is 7.67. The van der Waals surface area contributed by atoms with Crippen LogP contribution in [0.4, 0.5) is 16.8 Å². The first kappa shape index (κ1) is 20.6. The molecule has 0 amide bonds. The Kier molecular flexibility index (Phi) is 5.12. The number of aryl methyl sites for hydroxylation is 1. The van der Waals surface area contributed by atoms with Gasteiger partial charge in [0.1, 0.15) is 10.8 Å². The molecule has 0 radical (unpaired) electrons. The molecule has 3 aliphatic heterocycles. The fourth-order valence-corrected chi connectivity index (χ4v) is 6.07. The van der Waals surface area contributed by atoms with Crippen molar-refractivity contribution in [1.82, 2.24) is 24.8 Å². The van der Waals surface area contributed by atoms with Crippen molar-refractivity contribution in [2.45, 2.75) is 45.2 Å². The maximum atomic E-state index is 9.62. The Hall–Kier alpha value is -2.28. The van der Waals surface area contributed by atoms with E-state index in [1.165, 1.54) is 24.3 Å². The van der Waals surface area contributed by atoms with E-state index in [4.69, 9.17) is 4.98 Å². The number of thiazole rings is 1. The van der Waals surface area contributed by atoms with Crippen molar-refractivity contribution >= 4 is 28.1 Å². The van der Waals surface area contributed by atoms with Gasteiger partial charge in [-0.05, 0) is 18.8 Å². The zero-order chi connectivity index (χ0) is 21.6. The van der Waals surface area contributed by atoms with Gasteiger partial charge in [-0.2, -0.15) is 10.2 Å². The molecule has 31 heavy (non-hydrogen) atoms. The molecule has 1 atom stereocenters. The van der Waals surface area contributed by atoms with Crippen LogP contribution in [0.2, 0.25) is 0 Å². The van der Waals surface area contributed by atoms with Crippen molar-refractivity contribution in [3.8, 4) is 6.07 Å². The Morgan fingerprint density at radius 2 is 2.10 bits per heavy atom. The second kappa shape index (κ2) is 7.69. The Balaban J connectivity index is 1.31. The van der Waals surface area contributed by atoms with Gasteiger partial charge in [0.25, 0.3) is 0 Å². The van der Waals surface area contributed by atoms with Crippen LogP contribution in [0.5, 0.6) is 0 Å². The highest BCUT2D eigenvalue weighted by Crippen LogP contribution is 2.41. The maximum absolute atomic E-state index is 9.62. The summed E-state index contributed by atoms with van der Waals surface area (Å²) in [6.07, 6.45) is 5.46. The molecule has 3 fully saturated rings. The molecule has 0 saturated carbocycles. The minimum absolute atomic E-state index is 0.0732. The highest BCUT2D eigenvalue weighted by atomic mass is 32.1. The van der Waals surface area contributed by atoms with Crippen molar-refractivity contribution in [2.75, 3.05) is 49.5 Å². The Morgan fingerprint density at radius 1 is 1.26 bits per heavy atom. The van der Waals surface area contributed by atoms with E-state index in [9.17, 15) is 5.26 Å². The van der Waals surface area contributed by atoms with E-state index < -0.39 is 0 Å². The molecular weight excluding hydrogens is 408 g/mol. The largest absolute Gasteiger partial charge is 0.352 e. The minimum Gasteiger partial charge on any atom is -0.352 e. The normalized spacial score (nSPS) is 25.0. The molecule has 3 aliphatic rings. The minimum atomic E-state index is -0.0732. The molecule has 8 nitrogen and oxygen atoms in total. The van der Waals surface area contributed by atoms with Gasteiger partial charge in [-0.15, -0.1) is 11.3 Å². The van der Waals surface area contributed by atoms with E-state index in [2.05, 4.69) is 56.8 Å².